The molecular weight excluding hydrogens is 300 g/mol. The summed E-state index contributed by atoms with van der Waals surface area (Å²) >= 11 is 0. The number of rotatable bonds is 7. The molecule has 0 aromatic rings. The number of likely N-dealkylation sites (N-methyl/N-ethyl adjacent to an activating group) is 1. The molecule has 1 saturated heterocycles. The van der Waals surface area contributed by atoms with Crippen molar-refractivity contribution in [3.63, 3.8) is 0 Å². The van der Waals surface area contributed by atoms with E-state index >= 15 is 0 Å². The van der Waals surface area contributed by atoms with Gasteiger partial charge in [0.05, 0.1) is 12.6 Å². The summed E-state index contributed by atoms with van der Waals surface area (Å²) in [7, 11) is 1.92. The van der Waals surface area contributed by atoms with E-state index in [1.165, 1.54) is 38.5 Å². The van der Waals surface area contributed by atoms with Crippen molar-refractivity contribution in [1.29, 1.82) is 0 Å². The van der Waals surface area contributed by atoms with Crippen molar-refractivity contribution in [3.05, 3.63) is 0 Å². The van der Waals surface area contributed by atoms with Crippen molar-refractivity contribution in [3.8, 4) is 0 Å². The van der Waals surface area contributed by atoms with E-state index < -0.39 is 0 Å². The van der Waals surface area contributed by atoms with Gasteiger partial charge in [0.1, 0.15) is 0 Å². The van der Waals surface area contributed by atoms with E-state index in [2.05, 4.69) is 32.6 Å². The second-order valence-corrected chi connectivity index (χ2v) is 8.69. The molecular formula is C20H38N2O2. The SMILES string of the molecule is CC(C)OCCC1CCC2(CCN(CC(=O)N(C)C(C)C)CC2)C1. The molecule has 1 spiro atoms. The molecule has 2 rings (SSSR count). The van der Waals surface area contributed by atoms with Crippen molar-refractivity contribution in [2.75, 3.05) is 33.3 Å². The molecule has 1 saturated carbocycles. The summed E-state index contributed by atoms with van der Waals surface area (Å²) in [6, 6.07) is 0.289. The second-order valence-electron chi connectivity index (χ2n) is 8.69. The number of hydrogen-bond acceptors (Lipinski definition) is 3. The Kier molecular flexibility index (Phi) is 7.11. The van der Waals surface area contributed by atoms with Gasteiger partial charge in [0, 0.05) is 19.7 Å². The topological polar surface area (TPSA) is 32.8 Å². The highest BCUT2D eigenvalue weighted by Gasteiger charge is 2.41. The van der Waals surface area contributed by atoms with Crippen molar-refractivity contribution in [1.82, 2.24) is 9.80 Å². The lowest BCUT2D eigenvalue weighted by molar-refractivity contribution is -0.133. The van der Waals surface area contributed by atoms with Crippen LogP contribution in [0.2, 0.25) is 0 Å². The van der Waals surface area contributed by atoms with Gasteiger partial charge in [-0.15, -0.1) is 0 Å². The van der Waals surface area contributed by atoms with Crippen molar-refractivity contribution in [2.45, 2.75) is 78.4 Å². The molecule has 0 aromatic heterocycles. The number of ether oxygens (including phenoxy) is 1. The highest BCUT2D eigenvalue weighted by atomic mass is 16.5. The molecule has 0 bridgehead atoms. The molecule has 4 nitrogen and oxygen atoms in total. The number of hydrogen-bond donors (Lipinski definition) is 0. The van der Waals surface area contributed by atoms with E-state index in [0.29, 0.717) is 18.1 Å². The Balaban J connectivity index is 1.71. The molecule has 2 fully saturated rings. The fourth-order valence-corrected chi connectivity index (χ4v) is 4.27. The first-order valence-corrected chi connectivity index (χ1v) is 9.91. The van der Waals surface area contributed by atoms with Gasteiger partial charge < -0.3 is 9.64 Å². The van der Waals surface area contributed by atoms with E-state index in [-0.39, 0.29) is 11.9 Å². The Labute approximate surface area is 148 Å². The fourth-order valence-electron chi connectivity index (χ4n) is 4.27. The smallest absolute Gasteiger partial charge is 0.236 e. The fraction of sp³-hybridized carbons (Fsp3) is 0.950. The Morgan fingerprint density at radius 1 is 1.21 bits per heavy atom. The van der Waals surface area contributed by atoms with Gasteiger partial charge in [-0.3, -0.25) is 9.69 Å². The number of likely N-dealkylation sites (tertiary alicyclic amines) is 1. The quantitative estimate of drug-likeness (QED) is 0.712. The molecule has 140 valence electrons. The van der Waals surface area contributed by atoms with Crippen LogP contribution in [0.4, 0.5) is 0 Å². The van der Waals surface area contributed by atoms with Crippen LogP contribution >= 0.6 is 0 Å². The van der Waals surface area contributed by atoms with Crippen LogP contribution in [0.25, 0.3) is 0 Å². The summed E-state index contributed by atoms with van der Waals surface area (Å²) in [6.45, 7) is 12.1. The Bertz CT molecular complexity index is 400. The van der Waals surface area contributed by atoms with Crippen molar-refractivity contribution in [2.24, 2.45) is 11.3 Å². The molecule has 0 N–H and O–H groups in total. The molecule has 1 aliphatic heterocycles. The van der Waals surface area contributed by atoms with E-state index in [9.17, 15) is 4.79 Å². The van der Waals surface area contributed by atoms with Gasteiger partial charge in [0.15, 0.2) is 0 Å². The predicted molar refractivity (Wildman–Crippen MR) is 99.1 cm³/mol. The average molecular weight is 339 g/mol. The summed E-state index contributed by atoms with van der Waals surface area (Å²) in [4.78, 5) is 16.5. The van der Waals surface area contributed by atoms with Crippen LogP contribution < -0.4 is 0 Å². The molecule has 1 aliphatic carbocycles. The third-order valence-electron chi connectivity index (χ3n) is 6.23. The van der Waals surface area contributed by atoms with Gasteiger partial charge in [0.25, 0.3) is 0 Å². The molecule has 1 amide bonds. The van der Waals surface area contributed by atoms with Gasteiger partial charge in [-0.25, -0.2) is 0 Å². The van der Waals surface area contributed by atoms with Crippen molar-refractivity contribution >= 4 is 5.91 Å². The number of amides is 1. The Morgan fingerprint density at radius 3 is 2.46 bits per heavy atom. The third kappa shape index (κ3) is 5.45. The van der Waals surface area contributed by atoms with Crippen LogP contribution in [0.3, 0.4) is 0 Å². The monoisotopic (exact) mass is 338 g/mol. The maximum Gasteiger partial charge on any atom is 0.236 e. The summed E-state index contributed by atoms with van der Waals surface area (Å²) in [5.41, 5.74) is 0.562. The minimum atomic E-state index is 0.260. The number of nitrogens with zero attached hydrogens (tertiary/aromatic N) is 2. The second kappa shape index (κ2) is 8.66. The normalized spacial score (nSPS) is 24.2. The molecule has 1 unspecified atom stereocenters. The predicted octanol–water partition coefficient (Wildman–Crippen LogP) is 3.55. The molecule has 0 radical (unpaired) electrons. The first-order chi connectivity index (χ1) is 11.3. The van der Waals surface area contributed by atoms with Crippen LogP contribution in [0.5, 0.6) is 0 Å². The van der Waals surface area contributed by atoms with Crippen LogP contribution in [-0.2, 0) is 9.53 Å². The van der Waals surface area contributed by atoms with Crippen LogP contribution in [0, 0.1) is 11.3 Å². The summed E-state index contributed by atoms with van der Waals surface area (Å²) < 4.78 is 5.73. The van der Waals surface area contributed by atoms with E-state index in [4.69, 9.17) is 4.74 Å². The van der Waals surface area contributed by atoms with E-state index in [0.717, 1.165) is 25.6 Å². The average Bonchev–Trinajstić information content (AvgIpc) is 2.91. The maximum absolute atomic E-state index is 12.3. The molecule has 1 heterocycles. The number of carbonyl (C=O) groups excluding carboxylic acids is 1. The first kappa shape index (κ1) is 19.7. The minimum Gasteiger partial charge on any atom is -0.379 e. The van der Waals surface area contributed by atoms with Gasteiger partial charge in [0.2, 0.25) is 5.91 Å². The summed E-state index contributed by atoms with van der Waals surface area (Å²) in [6.07, 6.45) is 8.25. The zero-order chi connectivity index (χ0) is 17.7. The van der Waals surface area contributed by atoms with Crippen LogP contribution in [-0.4, -0.2) is 61.1 Å². The van der Waals surface area contributed by atoms with E-state index in [1.54, 1.807) is 0 Å². The molecule has 4 heteroatoms. The lowest BCUT2D eigenvalue weighted by Crippen LogP contribution is -2.46. The first-order valence-electron chi connectivity index (χ1n) is 9.91. The number of piperidine rings is 1. The Morgan fingerprint density at radius 2 is 1.88 bits per heavy atom. The highest BCUT2D eigenvalue weighted by Crippen LogP contribution is 2.49. The van der Waals surface area contributed by atoms with Crippen molar-refractivity contribution < 1.29 is 9.53 Å². The maximum atomic E-state index is 12.3. The molecule has 2 aliphatic rings. The largest absolute Gasteiger partial charge is 0.379 e. The zero-order valence-corrected chi connectivity index (χ0v) is 16.5. The van der Waals surface area contributed by atoms with Gasteiger partial charge in [-0.2, -0.15) is 0 Å². The summed E-state index contributed by atoms with van der Waals surface area (Å²) in [5.74, 6) is 1.11. The lowest BCUT2D eigenvalue weighted by Gasteiger charge is -2.40. The van der Waals surface area contributed by atoms with Gasteiger partial charge >= 0.3 is 0 Å². The minimum absolute atomic E-state index is 0.260. The van der Waals surface area contributed by atoms with E-state index in [1.807, 2.05) is 11.9 Å². The highest BCUT2D eigenvalue weighted by molar-refractivity contribution is 5.78. The number of carbonyl (C=O) groups is 1. The summed E-state index contributed by atoms with van der Waals surface area (Å²) in [5, 5.41) is 0. The standard InChI is InChI=1S/C20H38N2O2/c1-16(2)21(5)19(23)15-22-11-9-20(10-12-22)8-6-18(14-20)7-13-24-17(3)4/h16-18H,6-15H2,1-5H3. The third-order valence-corrected chi connectivity index (χ3v) is 6.23. The van der Waals surface area contributed by atoms with Gasteiger partial charge in [-0.1, -0.05) is 0 Å². The molecule has 0 aromatic carbocycles. The van der Waals surface area contributed by atoms with Crippen LogP contribution in [0.1, 0.15) is 66.2 Å². The molecule has 24 heavy (non-hydrogen) atoms. The molecule has 1 atom stereocenters. The Hall–Kier alpha value is -0.610. The lowest BCUT2D eigenvalue weighted by atomic mass is 9.76. The van der Waals surface area contributed by atoms with Gasteiger partial charge in [-0.05, 0) is 90.6 Å². The van der Waals surface area contributed by atoms with Crippen LogP contribution in [0.15, 0.2) is 0 Å². The zero-order valence-electron chi connectivity index (χ0n) is 16.5.